The highest BCUT2D eigenvalue weighted by molar-refractivity contribution is 5.79. The molecule has 0 amide bonds. The molecule has 7 nitrogen and oxygen atoms in total. The lowest BCUT2D eigenvalue weighted by molar-refractivity contribution is -0.0505. The van der Waals surface area contributed by atoms with E-state index in [9.17, 15) is 8.78 Å². The Morgan fingerprint density at radius 1 is 1.33 bits per heavy atom. The highest BCUT2D eigenvalue weighted by atomic mass is 19.3. The van der Waals surface area contributed by atoms with Gasteiger partial charge in [-0.15, -0.1) is 0 Å². The summed E-state index contributed by atoms with van der Waals surface area (Å²) in [4.78, 5) is 6.84. The Morgan fingerprint density at radius 2 is 2.11 bits per heavy atom. The fourth-order valence-electron chi connectivity index (χ4n) is 3.25. The predicted octanol–water partition coefficient (Wildman–Crippen LogP) is 2.17. The Hall–Kier alpha value is -2.29. The third-order valence-electron chi connectivity index (χ3n) is 4.70. The SMILES string of the molecule is CCNC(=NCc1cc2c(cc1OC(F)F)OCO2)NCC1CCCN1C. The van der Waals surface area contributed by atoms with Crippen molar-refractivity contribution in [2.24, 2.45) is 4.99 Å². The second kappa shape index (κ2) is 9.07. The highest BCUT2D eigenvalue weighted by Crippen LogP contribution is 2.39. The molecule has 1 unspecified atom stereocenters. The third kappa shape index (κ3) is 5.12. The number of nitrogens with one attached hydrogen (secondary N) is 2. The van der Waals surface area contributed by atoms with Crippen LogP contribution in [0.15, 0.2) is 17.1 Å². The van der Waals surface area contributed by atoms with Crippen molar-refractivity contribution in [3.05, 3.63) is 17.7 Å². The quantitative estimate of drug-likeness (QED) is 0.555. The average molecular weight is 384 g/mol. The van der Waals surface area contributed by atoms with Gasteiger partial charge in [-0.2, -0.15) is 8.78 Å². The van der Waals surface area contributed by atoms with E-state index < -0.39 is 6.61 Å². The van der Waals surface area contributed by atoms with Gasteiger partial charge in [-0.05, 0) is 39.4 Å². The zero-order valence-corrected chi connectivity index (χ0v) is 15.6. The molecule has 2 N–H and O–H groups in total. The van der Waals surface area contributed by atoms with E-state index in [1.54, 1.807) is 6.07 Å². The first-order chi connectivity index (χ1) is 13.1. The molecule has 1 saturated heterocycles. The maximum Gasteiger partial charge on any atom is 0.387 e. The standard InChI is InChI=1S/C18H26F2N4O3/c1-3-21-18(23-10-13-5-4-6-24(13)2)22-9-12-7-15-16(26-11-25-15)8-14(12)27-17(19)20/h7-8,13,17H,3-6,9-11H2,1-2H3,(H2,21,22,23). The number of alkyl halides is 2. The molecule has 2 heterocycles. The van der Waals surface area contributed by atoms with Crippen LogP contribution in [0.4, 0.5) is 8.78 Å². The fraction of sp³-hybridized carbons (Fsp3) is 0.611. The van der Waals surface area contributed by atoms with Gasteiger partial charge in [0.2, 0.25) is 6.79 Å². The van der Waals surface area contributed by atoms with Crippen LogP contribution in [0, 0.1) is 0 Å². The second-order valence-corrected chi connectivity index (χ2v) is 6.54. The first-order valence-electron chi connectivity index (χ1n) is 9.16. The van der Waals surface area contributed by atoms with Gasteiger partial charge in [-0.3, -0.25) is 0 Å². The molecule has 0 aliphatic carbocycles. The Bertz CT molecular complexity index is 672. The number of aliphatic imine (C=N–C) groups is 1. The molecule has 0 saturated carbocycles. The number of likely N-dealkylation sites (N-methyl/N-ethyl adjacent to an activating group) is 1. The number of likely N-dealkylation sites (tertiary alicyclic amines) is 1. The molecule has 0 spiro atoms. The summed E-state index contributed by atoms with van der Waals surface area (Å²) < 4.78 is 40.7. The fourth-order valence-corrected chi connectivity index (χ4v) is 3.25. The molecular formula is C18H26F2N4O3. The summed E-state index contributed by atoms with van der Waals surface area (Å²) in [6, 6.07) is 3.53. The van der Waals surface area contributed by atoms with Crippen molar-refractivity contribution in [3.8, 4) is 17.2 Å². The van der Waals surface area contributed by atoms with Gasteiger partial charge in [0.15, 0.2) is 17.5 Å². The molecule has 27 heavy (non-hydrogen) atoms. The lowest BCUT2D eigenvalue weighted by Crippen LogP contribution is -2.44. The number of rotatable bonds is 7. The van der Waals surface area contributed by atoms with Crippen molar-refractivity contribution in [2.45, 2.75) is 39.0 Å². The van der Waals surface area contributed by atoms with Gasteiger partial charge in [0.25, 0.3) is 0 Å². The lowest BCUT2D eigenvalue weighted by Gasteiger charge is -2.21. The van der Waals surface area contributed by atoms with E-state index in [1.165, 1.54) is 12.5 Å². The molecule has 0 radical (unpaired) electrons. The zero-order valence-electron chi connectivity index (χ0n) is 15.6. The van der Waals surface area contributed by atoms with Gasteiger partial charge < -0.3 is 29.7 Å². The second-order valence-electron chi connectivity index (χ2n) is 6.54. The summed E-state index contributed by atoms with van der Waals surface area (Å²) in [6.45, 7) is 1.88. The van der Waals surface area contributed by atoms with Crippen LogP contribution in [0.1, 0.15) is 25.3 Å². The topological polar surface area (TPSA) is 67.4 Å². The molecule has 150 valence electrons. The van der Waals surface area contributed by atoms with Crippen LogP contribution >= 0.6 is 0 Å². The Morgan fingerprint density at radius 3 is 2.78 bits per heavy atom. The number of ether oxygens (including phenoxy) is 3. The van der Waals surface area contributed by atoms with Gasteiger partial charge in [0, 0.05) is 30.8 Å². The van der Waals surface area contributed by atoms with Crippen molar-refractivity contribution >= 4 is 5.96 Å². The molecule has 0 aromatic heterocycles. The minimum Gasteiger partial charge on any atom is -0.454 e. The number of hydrogen-bond donors (Lipinski definition) is 2. The number of nitrogens with zero attached hydrogens (tertiary/aromatic N) is 2. The van der Waals surface area contributed by atoms with E-state index in [2.05, 4.69) is 32.3 Å². The van der Waals surface area contributed by atoms with E-state index in [4.69, 9.17) is 9.47 Å². The van der Waals surface area contributed by atoms with Crippen LogP contribution in [0.2, 0.25) is 0 Å². The molecule has 1 aromatic carbocycles. The van der Waals surface area contributed by atoms with Crippen molar-refractivity contribution < 1.29 is 23.0 Å². The van der Waals surface area contributed by atoms with Crippen molar-refractivity contribution in [1.82, 2.24) is 15.5 Å². The van der Waals surface area contributed by atoms with Gasteiger partial charge in [0.05, 0.1) is 6.54 Å². The molecule has 1 fully saturated rings. The summed E-state index contributed by atoms with van der Waals surface area (Å²) in [6.07, 6.45) is 2.35. The minimum atomic E-state index is -2.92. The van der Waals surface area contributed by atoms with Gasteiger partial charge in [0.1, 0.15) is 5.75 Å². The number of hydrogen-bond acceptors (Lipinski definition) is 5. The number of halogens is 2. The predicted molar refractivity (Wildman–Crippen MR) is 97.7 cm³/mol. The number of benzene rings is 1. The summed E-state index contributed by atoms with van der Waals surface area (Å²) in [5.41, 5.74) is 0.509. The molecular weight excluding hydrogens is 358 g/mol. The molecule has 3 rings (SSSR count). The summed E-state index contributed by atoms with van der Waals surface area (Å²) in [5, 5.41) is 6.51. The summed E-state index contributed by atoms with van der Waals surface area (Å²) in [7, 11) is 2.12. The van der Waals surface area contributed by atoms with Crippen molar-refractivity contribution in [3.63, 3.8) is 0 Å². The largest absolute Gasteiger partial charge is 0.454 e. The normalized spacial score (nSPS) is 19.6. The summed E-state index contributed by atoms with van der Waals surface area (Å²) in [5.74, 6) is 1.59. The van der Waals surface area contributed by atoms with E-state index >= 15 is 0 Å². The molecule has 2 aliphatic rings. The maximum absolute atomic E-state index is 12.7. The van der Waals surface area contributed by atoms with E-state index in [0.717, 1.165) is 19.5 Å². The van der Waals surface area contributed by atoms with Crippen LogP contribution in [-0.4, -0.2) is 57.0 Å². The van der Waals surface area contributed by atoms with Crippen LogP contribution in [-0.2, 0) is 6.54 Å². The summed E-state index contributed by atoms with van der Waals surface area (Å²) >= 11 is 0. The van der Waals surface area contributed by atoms with Crippen molar-refractivity contribution in [2.75, 3.05) is 33.5 Å². The number of guanidine groups is 1. The molecule has 1 atom stereocenters. The van der Waals surface area contributed by atoms with Crippen LogP contribution in [0.3, 0.4) is 0 Å². The number of fused-ring (bicyclic) bond motifs is 1. The molecule has 9 heteroatoms. The minimum absolute atomic E-state index is 0.0457. The van der Waals surface area contributed by atoms with Crippen LogP contribution in [0.5, 0.6) is 17.2 Å². The molecule has 1 aromatic rings. The van der Waals surface area contributed by atoms with E-state index in [-0.39, 0.29) is 19.1 Å². The Labute approximate surface area is 157 Å². The van der Waals surface area contributed by atoms with E-state index in [1.807, 2.05) is 6.92 Å². The van der Waals surface area contributed by atoms with Gasteiger partial charge in [-0.1, -0.05) is 0 Å². The van der Waals surface area contributed by atoms with Crippen molar-refractivity contribution in [1.29, 1.82) is 0 Å². The zero-order chi connectivity index (χ0) is 19.2. The Balaban J connectivity index is 1.70. The van der Waals surface area contributed by atoms with E-state index in [0.29, 0.717) is 35.6 Å². The monoisotopic (exact) mass is 384 g/mol. The average Bonchev–Trinajstić information content (AvgIpc) is 3.25. The lowest BCUT2D eigenvalue weighted by atomic mass is 10.1. The highest BCUT2D eigenvalue weighted by Gasteiger charge is 2.22. The molecule has 0 bridgehead atoms. The smallest absolute Gasteiger partial charge is 0.387 e. The van der Waals surface area contributed by atoms with Crippen LogP contribution in [0.25, 0.3) is 0 Å². The van der Waals surface area contributed by atoms with Crippen LogP contribution < -0.4 is 24.8 Å². The van der Waals surface area contributed by atoms with Gasteiger partial charge >= 0.3 is 6.61 Å². The molecule has 2 aliphatic heterocycles. The third-order valence-corrected chi connectivity index (χ3v) is 4.70. The van der Waals surface area contributed by atoms with Gasteiger partial charge in [-0.25, -0.2) is 4.99 Å². The Kier molecular flexibility index (Phi) is 6.54. The first-order valence-corrected chi connectivity index (χ1v) is 9.16. The maximum atomic E-state index is 12.7. The first kappa shape index (κ1) is 19.5.